The molecule has 1 saturated carbocycles. The van der Waals surface area contributed by atoms with E-state index in [-0.39, 0.29) is 16.6 Å². The Hall–Kier alpha value is -2.55. The summed E-state index contributed by atoms with van der Waals surface area (Å²) in [6.45, 7) is 4.27. The number of hydrogen-bond acceptors (Lipinski definition) is 5. The first-order valence-electron chi connectivity index (χ1n) is 10.6. The number of piperazine rings is 1. The topological polar surface area (TPSA) is 86.8 Å². The number of amides is 1. The van der Waals surface area contributed by atoms with Crippen molar-refractivity contribution in [2.75, 3.05) is 26.2 Å². The van der Waals surface area contributed by atoms with Gasteiger partial charge < -0.3 is 5.32 Å². The van der Waals surface area contributed by atoms with E-state index < -0.39 is 10.0 Å². The van der Waals surface area contributed by atoms with Gasteiger partial charge in [0.25, 0.3) is 5.91 Å². The van der Waals surface area contributed by atoms with E-state index in [0.717, 1.165) is 18.4 Å². The van der Waals surface area contributed by atoms with Gasteiger partial charge in [-0.1, -0.05) is 24.3 Å². The lowest BCUT2D eigenvalue weighted by Gasteiger charge is -2.34. The fraction of sp³-hybridized carbons (Fsp3) is 0.391. The Labute approximate surface area is 183 Å². The fourth-order valence-corrected chi connectivity index (χ4v) is 5.08. The second kappa shape index (κ2) is 8.90. The lowest BCUT2D eigenvalue weighted by Crippen LogP contribution is -2.48. The Kier molecular flexibility index (Phi) is 6.22. The maximum atomic E-state index is 12.9. The molecule has 0 unspecified atom stereocenters. The second-order valence-electron chi connectivity index (χ2n) is 8.21. The zero-order valence-corrected chi connectivity index (χ0v) is 18.4. The molecule has 8 heteroatoms. The monoisotopic (exact) mass is 441 g/mol. The summed E-state index contributed by atoms with van der Waals surface area (Å²) in [4.78, 5) is 25.9. The molecule has 31 heavy (non-hydrogen) atoms. The largest absolute Gasteiger partial charge is 0.349 e. The van der Waals surface area contributed by atoms with Gasteiger partial charge in [0.05, 0.1) is 4.90 Å². The summed E-state index contributed by atoms with van der Waals surface area (Å²) in [5.74, 6) is -0.113. The van der Waals surface area contributed by atoms with Gasteiger partial charge in [-0.05, 0) is 49.6 Å². The van der Waals surface area contributed by atoms with Crippen LogP contribution in [0.5, 0.6) is 0 Å². The molecule has 2 aliphatic rings. The molecule has 1 aliphatic carbocycles. The van der Waals surface area contributed by atoms with Crippen molar-refractivity contribution < 1.29 is 18.0 Å². The predicted octanol–water partition coefficient (Wildman–Crippen LogP) is 2.29. The first-order valence-corrected chi connectivity index (χ1v) is 12.0. The van der Waals surface area contributed by atoms with Gasteiger partial charge in [-0.3, -0.25) is 14.5 Å². The summed E-state index contributed by atoms with van der Waals surface area (Å²) in [7, 11) is -3.57. The molecule has 2 aromatic rings. The molecule has 1 saturated heterocycles. The molecule has 0 bridgehead atoms. The molecule has 0 radical (unpaired) electrons. The average Bonchev–Trinajstić information content (AvgIpc) is 3.58. The van der Waals surface area contributed by atoms with E-state index in [9.17, 15) is 18.0 Å². The number of benzene rings is 2. The third-order valence-corrected chi connectivity index (χ3v) is 7.68. The fourth-order valence-electron chi connectivity index (χ4n) is 3.65. The van der Waals surface area contributed by atoms with Crippen LogP contribution in [0.3, 0.4) is 0 Å². The normalized spacial score (nSPS) is 18.0. The number of nitrogens with zero attached hydrogens (tertiary/aromatic N) is 2. The Morgan fingerprint density at radius 2 is 1.48 bits per heavy atom. The molecule has 4 rings (SSSR count). The van der Waals surface area contributed by atoms with Crippen LogP contribution in [0.15, 0.2) is 53.4 Å². The molecule has 7 nitrogen and oxygen atoms in total. The van der Waals surface area contributed by atoms with Crippen LogP contribution in [0.1, 0.15) is 46.0 Å². The van der Waals surface area contributed by atoms with E-state index in [2.05, 4.69) is 10.2 Å². The predicted molar refractivity (Wildman–Crippen MR) is 117 cm³/mol. The molecule has 1 aliphatic heterocycles. The number of carbonyl (C=O) groups is 2. The van der Waals surface area contributed by atoms with Gasteiger partial charge in [-0.15, -0.1) is 0 Å². The van der Waals surface area contributed by atoms with Crippen LogP contribution in [-0.4, -0.2) is 61.5 Å². The molecule has 164 valence electrons. The number of Topliss-reactive ketones (excluding diaryl/α,β-unsaturated/α-hetero) is 1. The van der Waals surface area contributed by atoms with Crippen molar-refractivity contribution in [1.29, 1.82) is 0 Å². The van der Waals surface area contributed by atoms with Crippen molar-refractivity contribution >= 4 is 21.7 Å². The first-order chi connectivity index (χ1) is 14.8. The third-order valence-electron chi connectivity index (χ3n) is 5.76. The standard InChI is InChI=1S/C23H27N3O4S/c1-17(27)19-6-10-22(11-7-19)31(29,30)26-14-12-25(13-15-26)16-18-2-4-20(5-3-18)23(28)24-21-8-9-21/h2-7,10-11,21H,8-9,12-16H2,1H3,(H,24,28). The third kappa shape index (κ3) is 5.20. The minimum atomic E-state index is -3.57. The van der Waals surface area contributed by atoms with Crippen LogP contribution in [0.2, 0.25) is 0 Å². The molecule has 2 aromatic carbocycles. The van der Waals surface area contributed by atoms with Crippen LogP contribution < -0.4 is 5.32 Å². The van der Waals surface area contributed by atoms with Gasteiger partial charge in [0.1, 0.15) is 0 Å². The van der Waals surface area contributed by atoms with Crippen molar-refractivity contribution in [2.24, 2.45) is 0 Å². The molecule has 0 aromatic heterocycles. The van der Waals surface area contributed by atoms with Gasteiger partial charge in [-0.25, -0.2) is 8.42 Å². The molecule has 0 spiro atoms. The number of carbonyl (C=O) groups excluding carboxylic acids is 2. The maximum Gasteiger partial charge on any atom is 0.251 e. The van der Waals surface area contributed by atoms with Crippen LogP contribution in [0.25, 0.3) is 0 Å². The Bertz CT molecular complexity index is 1050. The Morgan fingerprint density at radius 1 is 0.903 bits per heavy atom. The van der Waals surface area contributed by atoms with Crippen LogP contribution in [-0.2, 0) is 16.6 Å². The lowest BCUT2D eigenvalue weighted by atomic mass is 10.1. The average molecular weight is 442 g/mol. The molecule has 1 N–H and O–H groups in total. The van der Waals surface area contributed by atoms with E-state index in [1.807, 2.05) is 24.3 Å². The lowest BCUT2D eigenvalue weighted by molar-refractivity contribution is 0.0950. The highest BCUT2D eigenvalue weighted by molar-refractivity contribution is 7.89. The van der Waals surface area contributed by atoms with Crippen molar-refractivity contribution in [1.82, 2.24) is 14.5 Å². The number of rotatable bonds is 7. The molecule has 2 fully saturated rings. The van der Waals surface area contributed by atoms with Gasteiger partial charge in [0, 0.05) is 49.9 Å². The van der Waals surface area contributed by atoms with Crippen LogP contribution in [0, 0.1) is 0 Å². The highest BCUT2D eigenvalue weighted by Crippen LogP contribution is 2.21. The minimum Gasteiger partial charge on any atom is -0.349 e. The number of sulfonamides is 1. The Morgan fingerprint density at radius 3 is 2.03 bits per heavy atom. The van der Waals surface area contributed by atoms with Crippen molar-refractivity contribution in [2.45, 2.75) is 37.2 Å². The summed E-state index contributed by atoms with van der Waals surface area (Å²) in [6, 6.07) is 14.1. The quantitative estimate of drug-likeness (QED) is 0.666. The number of hydrogen-bond donors (Lipinski definition) is 1. The smallest absolute Gasteiger partial charge is 0.251 e. The number of nitrogens with one attached hydrogen (secondary N) is 1. The summed E-state index contributed by atoms with van der Waals surface area (Å²) < 4.78 is 27.3. The molecule has 1 amide bonds. The van der Waals surface area contributed by atoms with Gasteiger partial charge >= 0.3 is 0 Å². The van der Waals surface area contributed by atoms with E-state index in [1.165, 1.54) is 23.4 Å². The highest BCUT2D eigenvalue weighted by Gasteiger charge is 2.28. The van der Waals surface area contributed by atoms with E-state index >= 15 is 0 Å². The first kappa shape index (κ1) is 21.7. The maximum absolute atomic E-state index is 12.9. The highest BCUT2D eigenvalue weighted by atomic mass is 32.2. The minimum absolute atomic E-state index is 0.0239. The summed E-state index contributed by atoms with van der Waals surface area (Å²) in [5.41, 5.74) is 2.27. The van der Waals surface area contributed by atoms with Crippen molar-refractivity contribution in [3.8, 4) is 0 Å². The van der Waals surface area contributed by atoms with E-state index in [1.54, 1.807) is 12.1 Å². The summed E-state index contributed by atoms with van der Waals surface area (Å²) in [6.07, 6.45) is 2.13. The van der Waals surface area contributed by atoms with Gasteiger partial charge in [0.2, 0.25) is 10.0 Å². The molecular formula is C23H27N3O4S. The summed E-state index contributed by atoms with van der Waals surface area (Å²) >= 11 is 0. The summed E-state index contributed by atoms with van der Waals surface area (Å²) in [5, 5.41) is 2.98. The van der Waals surface area contributed by atoms with Crippen molar-refractivity contribution in [3.63, 3.8) is 0 Å². The van der Waals surface area contributed by atoms with Gasteiger partial charge in [-0.2, -0.15) is 4.31 Å². The zero-order valence-electron chi connectivity index (χ0n) is 17.6. The molecule has 0 atom stereocenters. The van der Waals surface area contributed by atoms with E-state index in [4.69, 9.17) is 0 Å². The Balaban J connectivity index is 1.31. The second-order valence-corrected chi connectivity index (χ2v) is 10.1. The number of ketones is 1. The van der Waals surface area contributed by atoms with Crippen LogP contribution in [0.4, 0.5) is 0 Å². The molecule has 1 heterocycles. The SMILES string of the molecule is CC(=O)c1ccc(S(=O)(=O)N2CCN(Cc3ccc(C(=O)NC4CC4)cc3)CC2)cc1. The van der Waals surface area contributed by atoms with Crippen LogP contribution >= 0.6 is 0 Å². The van der Waals surface area contributed by atoms with E-state index in [0.29, 0.717) is 49.9 Å². The zero-order chi connectivity index (χ0) is 22.0. The molecular weight excluding hydrogens is 414 g/mol. The van der Waals surface area contributed by atoms with Gasteiger partial charge in [0.15, 0.2) is 5.78 Å². The van der Waals surface area contributed by atoms with Crippen molar-refractivity contribution in [3.05, 3.63) is 65.2 Å².